The molecule has 0 aliphatic heterocycles. The van der Waals surface area contributed by atoms with Gasteiger partial charge in [-0.3, -0.25) is 0 Å². The summed E-state index contributed by atoms with van der Waals surface area (Å²) in [5, 5.41) is 0. The van der Waals surface area contributed by atoms with Crippen LogP contribution in [0.25, 0.3) is 44.9 Å². The van der Waals surface area contributed by atoms with Crippen LogP contribution in [0.5, 0.6) is 0 Å². The van der Waals surface area contributed by atoms with Gasteiger partial charge < -0.3 is 0 Å². The molecule has 0 saturated carbocycles. The molecular formula is C28H19BrN2. The highest BCUT2D eigenvalue weighted by molar-refractivity contribution is 9.10. The highest BCUT2D eigenvalue weighted by Gasteiger charge is 2.10. The minimum atomic E-state index is 0.797. The minimum Gasteiger partial charge on any atom is -0.246 e. The lowest BCUT2D eigenvalue weighted by atomic mass is 9.98. The number of halogens is 1. The van der Waals surface area contributed by atoms with Crippen LogP contribution in [0, 0.1) is 0 Å². The number of hydrogen-bond acceptors (Lipinski definition) is 2. The van der Waals surface area contributed by atoms with Crippen molar-refractivity contribution in [2.75, 3.05) is 0 Å². The van der Waals surface area contributed by atoms with E-state index >= 15 is 0 Å². The molecule has 0 aliphatic carbocycles. The van der Waals surface area contributed by atoms with Gasteiger partial charge in [0, 0.05) is 5.56 Å². The van der Waals surface area contributed by atoms with Gasteiger partial charge in [0.1, 0.15) is 4.60 Å². The smallest absolute Gasteiger partial charge is 0.106 e. The molecule has 5 aromatic rings. The third-order valence-electron chi connectivity index (χ3n) is 5.20. The van der Waals surface area contributed by atoms with Crippen molar-refractivity contribution in [1.82, 2.24) is 9.97 Å². The lowest BCUT2D eigenvalue weighted by molar-refractivity contribution is 1.22. The number of aromatic nitrogens is 2. The van der Waals surface area contributed by atoms with Crippen molar-refractivity contribution in [2.45, 2.75) is 0 Å². The molecule has 148 valence electrons. The summed E-state index contributed by atoms with van der Waals surface area (Å²) >= 11 is 3.48. The molecule has 3 heteroatoms. The number of rotatable bonds is 4. The quantitative estimate of drug-likeness (QED) is 0.253. The van der Waals surface area contributed by atoms with E-state index in [0.717, 1.165) is 38.4 Å². The van der Waals surface area contributed by atoms with Crippen LogP contribution in [-0.4, -0.2) is 9.97 Å². The van der Waals surface area contributed by atoms with Gasteiger partial charge in [0.15, 0.2) is 0 Å². The monoisotopic (exact) mass is 462 g/mol. The first-order valence-corrected chi connectivity index (χ1v) is 10.9. The number of hydrogen-bond donors (Lipinski definition) is 0. The van der Waals surface area contributed by atoms with Crippen molar-refractivity contribution < 1.29 is 0 Å². The molecule has 31 heavy (non-hydrogen) atoms. The molecule has 0 aliphatic rings. The first-order chi connectivity index (χ1) is 15.3. The first kappa shape index (κ1) is 19.4. The zero-order valence-electron chi connectivity index (χ0n) is 16.7. The van der Waals surface area contributed by atoms with E-state index in [2.05, 4.69) is 93.7 Å². The highest BCUT2D eigenvalue weighted by atomic mass is 79.9. The summed E-state index contributed by atoms with van der Waals surface area (Å²) in [6.07, 6.45) is 0. The SMILES string of the molecule is Brc1cccc(-c2cc(-c3ccc(-c4ccccc4)cc3)cc(-c3ccccc3)n2)n1. The van der Waals surface area contributed by atoms with Crippen LogP contribution in [0.15, 0.2) is 120 Å². The van der Waals surface area contributed by atoms with Crippen LogP contribution in [-0.2, 0) is 0 Å². The van der Waals surface area contributed by atoms with Gasteiger partial charge in [-0.15, -0.1) is 0 Å². The van der Waals surface area contributed by atoms with E-state index in [4.69, 9.17) is 4.98 Å². The average Bonchev–Trinajstić information content (AvgIpc) is 2.85. The fourth-order valence-electron chi connectivity index (χ4n) is 3.62. The van der Waals surface area contributed by atoms with Gasteiger partial charge in [-0.05, 0) is 62.4 Å². The summed E-state index contributed by atoms with van der Waals surface area (Å²) in [5.41, 5.74) is 8.40. The Morgan fingerprint density at radius 1 is 0.387 bits per heavy atom. The maximum atomic E-state index is 4.92. The third kappa shape index (κ3) is 4.32. The van der Waals surface area contributed by atoms with E-state index in [-0.39, 0.29) is 0 Å². The second-order valence-electron chi connectivity index (χ2n) is 7.28. The molecule has 2 nitrogen and oxygen atoms in total. The third-order valence-corrected chi connectivity index (χ3v) is 5.64. The Labute approximate surface area is 190 Å². The molecule has 0 fully saturated rings. The molecular weight excluding hydrogens is 444 g/mol. The maximum absolute atomic E-state index is 4.92. The highest BCUT2D eigenvalue weighted by Crippen LogP contribution is 2.31. The number of pyridine rings is 2. The van der Waals surface area contributed by atoms with Gasteiger partial charge in [-0.1, -0.05) is 91.0 Å². The minimum absolute atomic E-state index is 0.797. The molecule has 0 bridgehead atoms. The van der Waals surface area contributed by atoms with Crippen molar-refractivity contribution in [1.29, 1.82) is 0 Å². The second kappa shape index (κ2) is 8.66. The van der Waals surface area contributed by atoms with Gasteiger partial charge >= 0.3 is 0 Å². The van der Waals surface area contributed by atoms with Crippen LogP contribution in [0.2, 0.25) is 0 Å². The van der Waals surface area contributed by atoms with Crippen LogP contribution < -0.4 is 0 Å². The van der Waals surface area contributed by atoms with Crippen LogP contribution in [0.3, 0.4) is 0 Å². The standard InChI is InChI=1S/C28H19BrN2/c29-28-13-7-12-25(31-28)27-19-24(18-26(30-27)23-10-5-2-6-11-23)22-16-14-21(15-17-22)20-8-3-1-4-9-20/h1-19H. The average molecular weight is 463 g/mol. The maximum Gasteiger partial charge on any atom is 0.106 e. The molecule has 0 radical (unpaired) electrons. The molecule has 2 heterocycles. The molecule has 0 atom stereocenters. The van der Waals surface area contributed by atoms with Crippen molar-refractivity contribution >= 4 is 15.9 Å². The van der Waals surface area contributed by atoms with Gasteiger partial charge in [0.05, 0.1) is 17.1 Å². The molecule has 0 saturated heterocycles. The molecule has 5 rings (SSSR count). The van der Waals surface area contributed by atoms with Crippen LogP contribution >= 0.6 is 15.9 Å². The van der Waals surface area contributed by atoms with Crippen molar-refractivity contribution in [2.24, 2.45) is 0 Å². The zero-order valence-corrected chi connectivity index (χ0v) is 18.3. The van der Waals surface area contributed by atoms with Gasteiger partial charge in [-0.2, -0.15) is 0 Å². The first-order valence-electron chi connectivity index (χ1n) is 10.1. The number of nitrogens with zero attached hydrogens (tertiary/aromatic N) is 2. The van der Waals surface area contributed by atoms with E-state index in [1.165, 1.54) is 11.1 Å². The van der Waals surface area contributed by atoms with Crippen molar-refractivity contribution in [3.05, 3.63) is 120 Å². The summed E-state index contributed by atoms with van der Waals surface area (Å²) in [5.74, 6) is 0. The van der Waals surface area contributed by atoms with Gasteiger partial charge in [0.25, 0.3) is 0 Å². The van der Waals surface area contributed by atoms with E-state index in [0.29, 0.717) is 0 Å². The Kier molecular flexibility index (Phi) is 5.42. The summed E-state index contributed by atoms with van der Waals surface area (Å²) in [4.78, 5) is 9.54. The number of benzene rings is 3. The van der Waals surface area contributed by atoms with Crippen molar-refractivity contribution in [3.8, 4) is 44.9 Å². The Morgan fingerprint density at radius 3 is 1.58 bits per heavy atom. The van der Waals surface area contributed by atoms with E-state index in [1.54, 1.807) is 0 Å². The van der Waals surface area contributed by atoms with Gasteiger partial charge in [0.2, 0.25) is 0 Å². The van der Waals surface area contributed by atoms with E-state index in [9.17, 15) is 0 Å². The summed E-state index contributed by atoms with van der Waals surface area (Å²) < 4.78 is 0.797. The van der Waals surface area contributed by atoms with Crippen LogP contribution in [0.1, 0.15) is 0 Å². The second-order valence-corrected chi connectivity index (χ2v) is 8.09. The summed E-state index contributed by atoms with van der Waals surface area (Å²) in [7, 11) is 0. The fraction of sp³-hybridized carbons (Fsp3) is 0. The molecule has 0 spiro atoms. The fourth-order valence-corrected chi connectivity index (χ4v) is 3.97. The molecule has 0 unspecified atom stereocenters. The van der Waals surface area contributed by atoms with Crippen LogP contribution in [0.4, 0.5) is 0 Å². The summed E-state index contributed by atoms with van der Waals surface area (Å²) in [6.45, 7) is 0. The topological polar surface area (TPSA) is 25.8 Å². The van der Waals surface area contributed by atoms with Gasteiger partial charge in [-0.25, -0.2) is 9.97 Å². The van der Waals surface area contributed by atoms with Crippen molar-refractivity contribution in [3.63, 3.8) is 0 Å². The molecule has 0 amide bonds. The Bertz CT molecular complexity index is 1310. The molecule has 3 aromatic carbocycles. The van der Waals surface area contributed by atoms with E-state index < -0.39 is 0 Å². The summed E-state index contributed by atoms with van der Waals surface area (Å²) in [6, 6.07) is 39.5. The molecule has 0 N–H and O–H groups in total. The predicted molar refractivity (Wildman–Crippen MR) is 131 cm³/mol. The predicted octanol–water partition coefficient (Wildman–Crippen LogP) is 7.91. The van der Waals surface area contributed by atoms with E-state index in [1.807, 2.05) is 42.5 Å². The lowest BCUT2D eigenvalue weighted by Gasteiger charge is -2.11. The Hall–Kier alpha value is -3.56. The zero-order chi connectivity index (χ0) is 21.0. The largest absolute Gasteiger partial charge is 0.246 e. The Balaban J connectivity index is 1.61. The normalized spacial score (nSPS) is 10.7. The Morgan fingerprint density at radius 2 is 0.935 bits per heavy atom. The molecule has 2 aromatic heterocycles. The lowest BCUT2D eigenvalue weighted by Crippen LogP contribution is -1.93.